The van der Waals surface area contributed by atoms with E-state index in [0.717, 1.165) is 19.6 Å². The Morgan fingerprint density at radius 1 is 1.19 bits per heavy atom. The number of rotatable bonds is 4. The molecule has 21 heavy (non-hydrogen) atoms. The van der Waals surface area contributed by atoms with E-state index in [9.17, 15) is 0 Å². The van der Waals surface area contributed by atoms with E-state index < -0.39 is 0 Å². The fourth-order valence-electron chi connectivity index (χ4n) is 3.58. The normalized spacial score (nSPS) is 23.6. The van der Waals surface area contributed by atoms with E-state index in [4.69, 9.17) is 4.74 Å². The van der Waals surface area contributed by atoms with Crippen molar-refractivity contribution in [2.24, 2.45) is 5.92 Å². The lowest BCUT2D eigenvalue weighted by atomic mass is 9.87. The van der Waals surface area contributed by atoms with E-state index >= 15 is 0 Å². The van der Waals surface area contributed by atoms with E-state index in [1.807, 2.05) is 0 Å². The van der Waals surface area contributed by atoms with Gasteiger partial charge >= 0.3 is 0 Å². The van der Waals surface area contributed by atoms with Crippen LogP contribution in [0.25, 0.3) is 10.8 Å². The molecule has 3 rings (SSSR count). The van der Waals surface area contributed by atoms with Gasteiger partial charge in [-0.05, 0) is 48.7 Å². The molecule has 1 fully saturated rings. The molecule has 0 amide bonds. The van der Waals surface area contributed by atoms with Gasteiger partial charge in [0.1, 0.15) is 0 Å². The van der Waals surface area contributed by atoms with Gasteiger partial charge in [0.25, 0.3) is 0 Å². The van der Waals surface area contributed by atoms with Crippen LogP contribution in [0.1, 0.15) is 37.4 Å². The lowest BCUT2D eigenvalue weighted by Crippen LogP contribution is -2.29. The monoisotopic (exact) mass is 283 g/mol. The van der Waals surface area contributed by atoms with Gasteiger partial charge in [-0.1, -0.05) is 43.3 Å². The molecule has 1 saturated heterocycles. The second kappa shape index (κ2) is 6.17. The van der Waals surface area contributed by atoms with Crippen LogP contribution in [-0.2, 0) is 4.74 Å². The average molecular weight is 283 g/mol. The molecule has 3 atom stereocenters. The predicted molar refractivity (Wildman–Crippen MR) is 88.6 cm³/mol. The van der Waals surface area contributed by atoms with E-state index in [1.165, 1.54) is 21.9 Å². The Morgan fingerprint density at radius 2 is 1.95 bits per heavy atom. The van der Waals surface area contributed by atoms with Gasteiger partial charge in [-0.3, -0.25) is 0 Å². The average Bonchev–Trinajstić information content (AvgIpc) is 2.92. The first-order chi connectivity index (χ1) is 10.2. The zero-order chi connectivity index (χ0) is 14.8. The van der Waals surface area contributed by atoms with Gasteiger partial charge in [0.2, 0.25) is 0 Å². The van der Waals surface area contributed by atoms with Crippen LogP contribution in [0.15, 0.2) is 36.4 Å². The molecule has 2 heteroatoms. The zero-order valence-electron chi connectivity index (χ0n) is 13.2. The maximum Gasteiger partial charge on any atom is 0.0551 e. The summed E-state index contributed by atoms with van der Waals surface area (Å²) >= 11 is 0. The number of hydrogen-bond acceptors (Lipinski definition) is 2. The predicted octanol–water partition coefficient (Wildman–Crippen LogP) is 4.22. The summed E-state index contributed by atoms with van der Waals surface area (Å²) in [5.41, 5.74) is 2.77. The highest BCUT2D eigenvalue weighted by atomic mass is 16.5. The molecular formula is C19H25NO. The summed E-state index contributed by atoms with van der Waals surface area (Å²) in [6, 6.07) is 13.7. The minimum atomic E-state index is 0.380. The van der Waals surface area contributed by atoms with Gasteiger partial charge in [0, 0.05) is 12.0 Å². The van der Waals surface area contributed by atoms with Crippen molar-refractivity contribution in [3.63, 3.8) is 0 Å². The lowest BCUT2D eigenvalue weighted by molar-refractivity contribution is 0.117. The fourth-order valence-corrected chi connectivity index (χ4v) is 3.58. The quantitative estimate of drug-likeness (QED) is 0.907. The molecule has 1 N–H and O–H groups in total. The SMILES string of the molecule is CCNC(c1ccc(C)c2ccccc12)C1COC(C)C1. The van der Waals surface area contributed by atoms with E-state index in [2.05, 4.69) is 62.5 Å². The van der Waals surface area contributed by atoms with Gasteiger partial charge < -0.3 is 10.1 Å². The van der Waals surface area contributed by atoms with Crippen molar-refractivity contribution in [1.29, 1.82) is 0 Å². The number of fused-ring (bicyclic) bond motifs is 1. The molecular weight excluding hydrogens is 258 g/mol. The van der Waals surface area contributed by atoms with Crippen molar-refractivity contribution >= 4 is 10.8 Å². The Labute approximate surface area is 127 Å². The van der Waals surface area contributed by atoms with E-state index in [1.54, 1.807) is 0 Å². The number of ether oxygens (including phenoxy) is 1. The molecule has 112 valence electrons. The number of hydrogen-bond donors (Lipinski definition) is 1. The number of aryl methyl sites for hydroxylation is 1. The lowest BCUT2D eigenvalue weighted by Gasteiger charge is -2.25. The van der Waals surface area contributed by atoms with Gasteiger partial charge in [0.05, 0.1) is 12.7 Å². The topological polar surface area (TPSA) is 21.3 Å². The standard InChI is InChI=1S/C19H25NO/c1-4-20-19(15-11-14(3)21-12-15)18-10-9-13(2)16-7-5-6-8-17(16)18/h5-10,14-15,19-20H,4,11-12H2,1-3H3. The van der Waals surface area contributed by atoms with Crippen molar-refractivity contribution in [3.05, 3.63) is 47.5 Å². The van der Waals surface area contributed by atoms with Gasteiger partial charge in [-0.15, -0.1) is 0 Å². The summed E-state index contributed by atoms with van der Waals surface area (Å²) in [5.74, 6) is 0.561. The molecule has 0 aromatic heterocycles. The van der Waals surface area contributed by atoms with Crippen LogP contribution in [0.4, 0.5) is 0 Å². The molecule has 2 aromatic rings. The Morgan fingerprint density at radius 3 is 2.62 bits per heavy atom. The first kappa shape index (κ1) is 14.6. The number of nitrogens with one attached hydrogen (secondary N) is 1. The van der Waals surface area contributed by atoms with Crippen molar-refractivity contribution in [2.45, 2.75) is 39.3 Å². The third-order valence-corrected chi connectivity index (χ3v) is 4.64. The minimum Gasteiger partial charge on any atom is -0.378 e. The highest BCUT2D eigenvalue weighted by Crippen LogP contribution is 2.35. The molecule has 0 spiro atoms. The zero-order valence-corrected chi connectivity index (χ0v) is 13.2. The molecule has 2 nitrogen and oxygen atoms in total. The summed E-state index contributed by atoms with van der Waals surface area (Å²) in [4.78, 5) is 0. The van der Waals surface area contributed by atoms with E-state index in [0.29, 0.717) is 18.1 Å². The van der Waals surface area contributed by atoms with Crippen LogP contribution >= 0.6 is 0 Å². The maximum atomic E-state index is 5.81. The summed E-state index contributed by atoms with van der Waals surface area (Å²) < 4.78 is 5.81. The highest BCUT2D eigenvalue weighted by molar-refractivity contribution is 5.89. The number of benzene rings is 2. The van der Waals surface area contributed by atoms with Crippen molar-refractivity contribution in [1.82, 2.24) is 5.32 Å². The maximum absolute atomic E-state index is 5.81. The second-order valence-electron chi connectivity index (χ2n) is 6.19. The summed E-state index contributed by atoms with van der Waals surface area (Å²) in [5, 5.41) is 6.44. The molecule has 1 aliphatic rings. The van der Waals surface area contributed by atoms with Crippen LogP contribution in [0, 0.1) is 12.8 Å². The van der Waals surface area contributed by atoms with Crippen molar-refractivity contribution < 1.29 is 4.74 Å². The summed E-state index contributed by atoms with van der Waals surface area (Å²) in [6.07, 6.45) is 1.52. The molecule has 3 unspecified atom stereocenters. The summed E-state index contributed by atoms with van der Waals surface area (Å²) in [7, 11) is 0. The highest BCUT2D eigenvalue weighted by Gasteiger charge is 2.31. The first-order valence-corrected chi connectivity index (χ1v) is 8.04. The third kappa shape index (κ3) is 2.83. The Bertz CT molecular complexity index is 622. The third-order valence-electron chi connectivity index (χ3n) is 4.64. The first-order valence-electron chi connectivity index (χ1n) is 8.04. The van der Waals surface area contributed by atoms with Gasteiger partial charge in [-0.2, -0.15) is 0 Å². The molecule has 1 aliphatic heterocycles. The van der Waals surface area contributed by atoms with Crippen LogP contribution in [0.5, 0.6) is 0 Å². The minimum absolute atomic E-state index is 0.380. The molecule has 0 radical (unpaired) electrons. The summed E-state index contributed by atoms with van der Waals surface area (Å²) in [6.45, 7) is 8.40. The molecule has 2 aromatic carbocycles. The van der Waals surface area contributed by atoms with Crippen LogP contribution in [0.3, 0.4) is 0 Å². The fraction of sp³-hybridized carbons (Fsp3) is 0.474. The Balaban J connectivity index is 2.05. The van der Waals surface area contributed by atoms with Crippen LogP contribution in [0.2, 0.25) is 0 Å². The van der Waals surface area contributed by atoms with E-state index in [-0.39, 0.29) is 0 Å². The van der Waals surface area contributed by atoms with Crippen LogP contribution < -0.4 is 5.32 Å². The Kier molecular flexibility index (Phi) is 4.27. The van der Waals surface area contributed by atoms with Crippen molar-refractivity contribution in [2.75, 3.05) is 13.2 Å². The largest absolute Gasteiger partial charge is 0.378 e. The van der Waals surface area contributed by atoms with Gasteiger partial charge in [-0.25, -0.2) is 0 Å². The molecule has 1 heterocycles. The smallest absolute Gasteiger partial charge is 0.0551 e. The molecule has 0 aliphatic carbocycles. The molecule has 0 bridgehead atoms. The van der Waals surface area contributed by atoms with Gasteiger partial charge in [0.15, 0.2) is 0 Å². The Hall–Kier alpha value is -1.38. The van der Waals surface area contributed by atoms with Crippen LogP contribution in [-0.4, -0.2) is 19.3 Å². The second-order valence-corrected chi connectivity index (χ2v) is 6.19. The van der Waals surface area contributed by atoms with Crippen molar-refractivity contribution in [3.8, 4) is 0 Å². The molecule has 0 saturated carbocycles.